The van der Waals surface area contributed by atoms with E-state index in [4.69, 9.17) is 0 Å². The van der Waals surface area contributed by atoms with E-state index in [0.717, 1.165) is 50.2 Å². The number of halogens is 2. The summed E-state index contributed by atoms with van der Waals surface area (Å²) in [5.41, 5.74) is 12.7. The highest BCUT2D eigenvalue weighted by Crippen LogP contribution is 2.57. The number of nitrogens with zero attached hydrogens (tertiary/aromatic N) is 2. The molecular formula is C59H38F2N2. The quantitative estimate of drug-likeness (QED) is 0.110. The molecule has 12 rings (SSSR count). The van der Waals surface area contributed by atoms with E-state index in [2.05, 4.69) is 168 Å². The van der Waals surface area contributed by atoms with Gasteiger partial charge in [-0.2, -0.15) is 0 Å². The largest absolute Gasteiger partial charge is 0.309 e. The van der Waals surface area contributed by atoms with Crippen LogP contribution in [0.3, 0.4) is 0 Å². The standard InChI is InChI=1S/C59H38F2N2/c60-51-22-10-12-24-53(51)63(54-25-13-11-23-52(54)61)46-32-34-48-47-33-29-39(36-49(47)59(50(48)38-46,43-16-4-1-5-17-43)44-18-6-2-7-19-44)27-28-40-35-42-31-30-41-15-14-26-55-57(41)58(42)56(37-40)62(55)45-20-8-3-9-21-45/h1-38H. The minimum Gasteiger partial charge on any atom is -0.309 e. The van der Waals surface area contributed by atoms with Gasteiger partial charge in [-0.15, -0.1) is 0 Å². The molecule has 0 atom stereocenters. The Kier molecular flexibility index (Phi) is 8.48. The van der Waals surface area contributed by atoms with Crippen LogP contribution < -0.4 is 4.90 Å². The molecule has 4 heteroatoms. The van der Waals surface area contributed by atoms with Gasteiger partial charge in [0.15, 0.2) is 0 Å². The van der Waals surface area contributed by atoms with Gasteiger partial charge in [0.05, 0.1) is 27.8 Å². The van der Waals surface area contributed by atoms with E-state index in [1.54, 1.807) is 41.3 Å². The zero-order chi connectivity index (χ0) is 42.1. The number of fused-ring (bicyclic) bond motifs is 3. The van der Waals surface area contributed by atoms with Gasteiger partial charge in [-0.05, 0) is 128 Å². The maximum atomic E-state index is 15.8. The molecule has 0 radical (unpaired) electrons. The number of anilines is 3. The van der Waals surface area contributed by atoms with Crippen LogP contribution in [0.15, 0.2) is 218 Å². The second-order valence-electron chi connectivity index (χ2n) is 16.3. The molecule has 0 bridgehead atoms. The number of rotatable bonds is 8. The number of benzene rings is 10. The lowest BCUT2D eigenvalue weighted by molar-refractivity contribution is 0.619. The fraction of sp³-hybridized carbons (Fsp3) is 0.0169. The number of aromatic nitrogens is 1. The Morgan fingerprint density at radius 2 is 0.968 bits per heavy atom. The minimum atomic E-state index is -0.759. The van der Waals surface area contributed by atoms with Crippen LogP contribution >= 0.6 is 0 Å². The van der Waals surface area contributed by atoms with Crippen molar-refractivity contribution in [2.45, 2.75) is 5.41 Å². The van der Waals surface area contributed by atoms with Crippen molar-refractivity contribution in [3.05, 3.63) is 263 Å². The van der Waals surface area contributed by atoms with Crippen molar-refractivity contribution in [1.29, 1.82) is 0 Å². The van der Waals surface area contributed by atoms with Crippen molar-refractivity contribution in [2.75, 3.05) is 4.90 Å². The molecule has 1 heterocycles. The zero-order valence-corrected chi connectivity index (χ0v) is 34.1. The molecule has 0 saturated heterocycles. The monoisotopic (exact) mass is 812 g/mol. The van der Waals surface area contributed by atoms with Crippen molar-refractivity contribution in [3.8, 4) is 16.8 Å². The average molecular weight is 813 g/mol. The van der Waals surface area contributed by atoms with Gasteiger partial charge in [0.1, 0.15) is 11.6 Å². The average Bonchev–Trinajstić information content (AvgIpc) is 3.83. The lowest BCUT2D eigenvalue weighted by Gasteiger charge is -2.35. The van der Waals surface area contributed by atoms with Crippen LogP contribution in [-0.2, 0) is 5.41 Å². The number of hydrogen-bond donors (Lipinski definition) is 0. The van der Waals surface area contributed by atoms with Gasteiger partial charge in [-0.25, -0.2) is 8.78 Å². The summed E-state index contributed by atoms with van der Waals surface area (Å²) < 4.78 is 34.1. The predicted octanol–water partition coefficient (Wildman–Crippen LogP) is 15.7. The Hall–Kier alpha value is -8.08. The van der Waals surface area contributed by atoms with Gasteiger partial charge < -0.3 is 9.47 Å². The van der Waals surface area contributed by atoms with Gasteiger partial charge in [0.2, 0.25) is 0 Å². The van der Waals surface area contributed by atoms with Crippen molar-refractivity contribution in [1.82, 2.24) is 4.57 Å². The molecule has 2 nitrogen and oxygen atoms in total. The van der Waals surface area contributed by atoms with Crippen LogP contribution in [0.25, 0.3) is 61.5 Å². The smallest absolute Gasteiger partial charge is 0.147 e. The molecule has 0 fully saturated rings. The van der Waals surface area contributed by atoms with E-state index in [1.165, 1.54) is 44.7 Å². The Balaban J connectivity index is 1.05. The summed E-state index contributed by atoms with van der Waals surface area (Å²) in [6.07, 6.45) is 4.44. The molecule has 11 aromatic rings. The van der Waals surface area contributed by atoms with Crippen LogP contribution in [-0.4, -0.2) is 4.57 Å². The fourth-order valence-electron chi connectivity index (χ4n) is 10.3. The summed E-state index contributed by atoms with van der Waals surface area (Å²) in [6, 6.07) is 73.6. The first-order valence-corrected chi connectivity index (χ1v) is 21.3. The summed E-state index contributed by atoms with van der Waals surface area (Å²) in [4.78, 5) is 1.69. The summed E-state index contributed by atoms with van der Waals surface area (Å²) in [5, 5.41) is 5.01. The van der Waals surface area contributed by atoms with Crippen LogP contribution in [0, 0.1) is 11.6 Å². The highest BCUT2D eigenvalue weighted by molar-refractivity contribution is 6.24. The summed E-state index contributed by atoms with van der Waals surface area (Å²) in [6.45, 7) is 0. The van der Waals surface area contributed by atoms with E-state index in [1.807, 2.05) is 18.2 Å². The van der Waals surface area contributed by atoms with E-state index < -0.39 is 17.0 Å². The Bertz CT molecular complexity index is 3450. The third-order valence-electron chi connectivity index (χ3n) is 12.9. The molecule has 0 spiro atoms. The molecule has 1 aliphatic rings. The molecule has 1 aromatic heterocycles. The topological polar surface area (TPSA) is 8.17 Å². The molecule has 63 heavy (non-hydrogen) atoms. The van der Waals surface area contributed by atoms with Gasteiger partial charge in [0, 0.05) is 22.1 Å². The van der Waals surface area contributed by atoms with Crippen molar-refractivity contribution < 1.29 is 8.78 Å². The zero-order valence-electron chi connectivity index (χ0n) is 34.1. The number of para-hydroxylation sites is 3. The van der Waals surface area contributed by atoms with Gasteiger partial charge in [-0.3, -0.25) is 0 Å². The Labute approximate surface area is 364 Å². The van der Waals surface area contributed by atoms with Crippen LogP contribution in [0.4, 0.5) is 25.8 Å². The molecule has 0 unspecified atom stereocenters. The minimum absolute atomic E-state index is 0.267. The third-order valence-corrected chi connectivity index (χ3v) is 12.9. The predicted molar refractivity (Wildman–Crippen MR) is 257 cm³/mol. The second kappa shape index (κ2) is 14.5. The molecule has 10 aromatic carbocycles. The molecule has 0 saturated carbocycles. The normalized spacial score (nSPS) is 13.0. The van der Waals surface area contributed by atoms with E-state index >= 15 is 8.78 Å². The second-order valence-corrected chi connectivity index (χ2v) is 16.3. The van der Waals surface area contributed by atoms with Crippen LogP contribution in [0.2, 0.25) is 0 Å². The molecular weight excluding hydrogens is 775 g/mol. The fourth-order valence-corrected chi connectivity index (χ4v) is 10.3. The maximum absolute atomic E-state index is 15.8. The first-order chi connectivity index (χ1) is 31.1. The van der Waals surface area contributed by atoms with Crippen molar-refractivity contribution >= 4 is 61.8 Å². The SMILES string of the molecule is Fc1ccccc1N(c1ccc2c(c1)C(c1ccccc1)(c1ccccc1)c1cc(C=Cc3cc4ccc5cccc6c5c4c(c3)n6-c3ccccc3)ccc1-2)c1ccccc1F. The van der Waals surface area contributed by atoms with Gasteiger partial charge in [0.25, 0.3) is 0 Å². The lowest BCUT2D eigenvalue weighted by Crippen LogP contribution is -2.29. The highest BCUT2D eigenvalue weighted by Gasteiger charge is 2.46. The summed E-state index contributed by atoms with van der Waals surface area (Å²) in [5.74, 6) is -0.881. The van der Waals surface area contributed by atoms with Gasteiger partial charge >= 0.3 is 0 Å². The molecule has 0 aliphatic heterocycles. The molecule has 298 valence electrons. The third kappa shape index (κ3) is 5.68. The van der Waals surface area contributed by atoms with Crippen LogP contribution in [0.5, 0.6) is 0 Å². The highest BCUT2D eigenvalue weighted by atomic mass is 19.1. The first kappa shape index (κ1) is 36.7. The van der Waals surface area contributed by atoms with Crippen molar-refractivity contribution in [3.63, 3.8) is 0 Å². The number of hydrogen-bond acceptors (Lipinski definition) is 1. The molecule has 0 N–H and O–H groups in total. The lowest BCUT2D eigenvalue weighted by atomic mass is 9.67. The van der Waals surface area contributed by atoms with Crippen LogP contribution in [0.1, 0.15) is 33.4 Å². The first-order valence-electron chi connectivity index (χ1n) is 21.3. The van der Waals surface area contributed by atoms with E-state index in [-0.39, 0.29) is 11.4 Å². The Morgan fingerprint density at radius 3 is 1.63 bits per heavy atom. The summed E-state index contributed by atoms with van der Waals surface area (Å²) in [7, 11) is 0. The molecule has 0 amide bonds. The van der Waals surface area contributed by atoms with Crippen molar-refractivity contribution in [2.24, 2.45) is 0 Å². The van der Waals surface area contributed by atoms with Gasteiger partial charge in [-0.1, -0.05) is 158 Å². The maximum Gasteiger partial charge on any atom is 0.147 e. The van der Waals surface area contributed by atoms with E-state index in [0.29, 0.717) is 5.69 Å². The summed E-state index contributed by atoms with van der Waals surface area (Å²) >= 11 is 0. The van der Waals surface area contributed by atoms with E-state index in [9.17, 15) is 0 Å². The Morgan fingerprint density at radius 1 is 0.413 bits per heavy atom. The molecule has 1 aliphatic carbocycles.